The van der Waals surface area contributed by atoms with Gasteiger partial charge in [0.15, 0.2) is 11.5 Å². The fraction of sp³-hybridized carbons (Fsp3) is 0.118. The van der Waals surface area contributed by atoms with Crippen molar-refractivity contribution in [2.45, 2.75) is 6.29 Å². The van der Waals surface area contributed by atoms with Crippen molar-refractivity contribution < 1.29 is 23.0 Å². The molecule has 3 heterocycles. The molecule has 0 unspecified atom stereocenters. The summed E-state index contributed by atoms with van der Waals surface area (Å²) in [4.78, 5) is 16.7. The largest absolute Gasteiger partial charge is 0.586 e. The first-order valence-corrected chi connectivity index (χ1v) is 7.79. The minimum absolute atomic E-state index is 0.0127. The van der Waals surface area contributed by atoms with Crippen LogP contribution >= 0.6 is 0 Å². The van der Waals surface area contributed by atoms with Crippen LogP contribution in [0.2, 0.25) is 0 Å². The van der Waals surface area contributed by atoms with E-state index >= 15 is 0 Å². The summed E-state index contributed by atoms with van der Waals surface area (Å²) in [5.74, 6) is -1.06. The molecule has 3 aromatic rings. The minimum Gasteiger partial charge on any atom is -0.395 e. The van der Waals surface area contributed by atoms with Gasteiger partial charge in [0.1, 0.15) is 5.82 Å². The van der Waals surface area contributed by atoms with Gasteiger partial charge >= 0.3 is 6.29 Å². The average Bonchev–Trinajstić information content (AvgIpc) is 3.16. The minimum atomic E-state index is -3.78. The number of halogens is 2. The standard InChI is InChI=1S/C17H13F2N5O3/c1-24-12(7-8-21-24)10-6-5-9(15(20)22-10)16(25)23-11-3-2-4-13-14(11)27-17(18,19)26-13/h2-8H,1H3,(H2,20,22)(H,23,25). The number of aryl methyl sites for hydroxylation is 1. The van der Waals surface area contributed by atoms with Crippen molar-refractivity contribution >= 4 is 17.4 Å². The van der Waals surface area contributed by atoms with Crippen LogP contribution in [0.4, 0.5) is 20.3 Å². The molecule has 1 aromatic carbocycles. The monoisotopic (exact) mass is 373 g/mol. The lowest BCUT2D eigenvalue weighted by molar-refractivity contribution is -0.286. The van der Waals surface area contributed by atoms with E-state index in [0.29, 0.717) is 5.69 Å². The Morgan fingerprint density at radius 3 is 2.74 bits per heavy atom. The van der Waals surface area contributed by atoms with Gasteiger partial charge in [-0.05, 0) is 30.3 Å². The number of nitrogen functional groups attached to an aromatic ring is 1. The van der Waals surface area contributed by atoms with Gasteiger partial charge in [0.05, 0.1) is 22.6 Å². The number of nitrogens with two attached hydrogens (primary N) is 1. The van der Waals surface area contributed by atoms with Gasteiger partial charge in [-0.25, -0.2) is 4.98 Å². The molecule has 0 radical (unpaired) electrons. The maximum atomic E-state index is 13.3. The lowest BCUT2D eigenvalue weighted by atomic mass is 10.2. The first-order valence-electron chi connectivity index (χ1n) is 7.79. The molecule has 27 heavy (non-hydrogen) atoms. The summed E-state index contributed by atoms with van der Waals surface area (Å²) in [5, 5.41) is 6.54. The maximum absolute atomic E-state index is 13.3. The summed E-state index contributed by atoms with van der Waals surface area (Å²) in [5.41, 5.74) is 7.30. The number of aromatic nitrogens is 3. The topological polar surface area (TPSA) is 104 Å². The Kier molecular flexibility index (Phi) is 3.69. The number of pyridine rings is 1. The predicted molar refractivity (Wildman–Crippen MR) is 91.4 cm³/mol. The second kappa shape index (κ2) is 5.94. The van der Waals surface area contributed by atoms with E-state index in [1.807, 2.05) is 0 Å². The van der Waals surface area contributed by atoms with Gasteiger partial charge in [-0.15, -0.1) is 8.78 Å². The highest BCUT2D eigenvalue weighted by molar-refractivity contribution is 6.08. The number of nitrogens with one attached hydrogen (secondary N) is 1. The lowest BCUT2D eigenvalue weighted by Crippen LogP contribution is -2.26. The molecule has 0 saturated carbocycles. The quantitative estimate of drug-likeness (QED) is 0.731. The zero-order valence-corrected chi connectivity index (χ0v) is 13.9. The van der Waals surface area contributed by atoms with Crippen molar-refractivity contribution in [3.05, 3.63) is 48.2 Å². The van der Waals surface area contributed by atoms with E-state index in [1.54, 1.807) is 30.1 Å². The third-order valence-electron chi connectivity index (χ3n) is 3.93. The van der Waals surface area contributed by atoms with Crippen molar-refractivity contribution in [3.63, 3.8) is 0 Å². The van der Waals surface area contributed by atoms with Crippen LogP contribution in [0.5, 0.6) is 11.5 Å². The van der Waals surface area contributed by atoms with Gasteiger partial charge in [-0.3, -0.25) is 9.48 Å². The Morgan fingerprint density at radius 2 is 2.04 bits per heavy atom. The van der Waals surface area contributed by atoms with Crippen LogP contribution in [-0.4, -0.2) is 27.0 Å². The number of fused-ring (bicyclic) bond motifs is 1. The second-order valence-corrected chi connectivity index (χ2v) is 5.72. The lowest BCUT2D eigenvalue weighted by Gasteiger charge is -2.10. The molecule has 0 fully saturated rings. The fourth-order valence-electron chi connectivity index (χ4n) is 2.69. The van der Waals surface area contributed by atoms with Crippen molar-refractivity contribution in [2.75, 3.05) is 11.1 Å². The van der Waals surface area contributed by atoms with Gasteiger partial charge in [0, 0.05) is 13.2 Å². The van der Waals surface area contributed by atoms with E-state index in [1.165, 1.54) is 24.3 Å². The van der Waals surface area contributed by atoms with Gasteiger partial charge in [-0.1, -0.05) is 6.07 Å². The molecule has 2 aromatic heterocycles. The number of rotatable bonds is 3. The summed E-state index contributed by atoms with van der Waals surface area (Å²) in [6.07, 6.45) is -2.17. The molecule has 0 atom stereocenters. The summed E-state index contributed by atoms with van der Waals surface area (Å²) >= 11 is 0. The molecular weight excluding hydrogens is 360 g/mol. The Bertz CT molecular complexity index is 1050. The van der Waals surface area contributed by atoms with E-state index < -0.39 is 12.2 Å². The molecule has 8 nitrogen and oxygen atoms in total. The highest BCUT2D eigenvalue weighted by atomic mass is 19.3. The smallest absolute Gasteiger partial charge is 0.395 e. The zero-order chi connectivity index (χ0) is 19.2. The average molecular weight is 373 g/mol. The number of ether oxygens (including phenoxy) is 2. The highest BCUT2D eigenvalue weighted by Gasteiger charge is 2.44. The van der Waals surface area contributed by atoms with Gasteiger partial charge < -0.3 is 20.5 Å². The van der Waals surface area contributed by atoms with Crippen LogP contribution < -0.4 is 20.5 Å². The number of benzene rings is 1. The summed E-state index contributed by atoms with van der Waals surface area (Å²) in [6.45, 7) is 0. The van der Waals surface area contributed by atoms with Gasteiger partial charge in [0.25, 0.3) is 5.91 Å². The van der Waals surface area contributed by atoms with E-state index in [9.17, 15) is 13.6 Å². The SMILES string of the molecule is Cn1nccc1-c1ccc(C(=O)Nc2cccc3c2OC(F)(F)O3)c(N)n1. The van der Waals surface area contributed by atoms with Crippen LogP contribution in [0, 0.1) is 0 Å². The second-order valence-electron chi connectivity index (χ2n) is 5.72. The van der Waals surface area contributed by atoms with Crippen LogP contribution in [0.1, 0.15) is 10.4 Å². The molecule has 0 aliphatic carbocycles. The van der Waals surface area contributed by atoms with Crippen molar-refractivity contribution in [1.82, 2.24) is 14.8 Å². The van der Waals surface area contributed by atoms with Crippen molar-refractivity contribution in [1.29, 1.82) is 0 Å². The fourth-order valence-corrected chi connectivity index (χ4v) is 2.69. The van der Waals surface area contributed by atoms with Crippen molar-refractivity contribution in [2.24, 2.45) is 7.05 Å². The van der Waals surface area contributed by atoms with Gasteiger partial charge in [-0.2, -0.15) is 5.10 Å². The first-order chi connectivity index (χ1) is 12.8. The molecule has 0 bridgehead atoms. The maximum Gasteiger partial charge on any atom is 0.586 e. The third kappa shape index (κ3) is 3.01. The third-order valence-corrected chi connectivity index (χ3v) is 3.93. The predicted octanol–water partition coefficient (Wildman–Crippen LogP) is 2.64. The van der Waals surface area contributed by atoms with Crippen LogP contribution in [0.15, 0.2) is 42.6 Å². The number of hydrogen-bond donors (Lipinski definition) is 2. The Hall–Kier alpha value is -3.69. The molecule has 3 N–H and O–H groups in total. The van der Waals surface area contributed by atoms with E-state index in [0.717, 1.165) is 5.69 Å². The molecule has 138 valence electrons. The Labute approximate surface area is 151 Å². The number of para-hydroxylation sites is 1. The molecule has 1 aliphatic rings. The summed E-state index contributed by atoms with van der Waals surface area (Å²) < 4.78 is 36.9. The zero-order valence-electron chi connectivity index (χ0n) is 13.9. The van der Waals surface area contributed by atoms with E-state index in [2.05, 4.69) is 24.9 Å². The van der Waals surface area contributed by atoms with Crippen LogP contribution in [-0.2, 0) is 7.05 Å². The molecule has 1 amide bonds. The molecule has 10 heteroatoms. The van der Waals surface area contributed by atoms with E-state index in [4.69, 9.17) is 5.73 Å². The molecule has 0 spiro atoms. The number of hydrogen-bond acceptors (Lipinski definition) is 6. The van der Waals surface area contributed by atoms with E-state index in [-0.39, 0.29) is 28.6 Å². The van der Waals surface area contributed by atoms with Crippen LogP contribution in [0.25, 0.3) is 11.4 Å². The Balaban J connectivity index is 1.60. The number of nitrogens with zero attached hydrogens (tertiary/aromatic N) is 3. The highest BCUT2D eigenvalue weighted by Crippen LogP contribution is 2.45. The Morgan fingerprint density at radius 1 is 1.22 bits per heavy atom. The summed E-state index contributed by atoms with van der Waals surface area (Å²) in [7, 11) is 1.75. The first kappa shape index (κ1) is 16.8. The van der Waals surface area contributed by atoms with Crippen molar-refractivity contribution in [3.8, 4) is 22.9 Å². The number of alkyl halides is 2. The number of carbonyl (C=O) groups is 1. The molecule has 0 saturated heterocycles. The number of carbonyl (C=O) groups excluding carboxylic acids is 1. The normalized spacial score (nSPS) is 14.2. The molecule has 1 aliphatic heterocycles. The number of amides is 1. The molecule has 4 rings (SSSR count). The van der Waals surface area contributed by atoms with Crippen LogP contribution in [0.3, 0.4) is 0 Å². The summed E-state index contributed by atoms with van der Waals surface area (Å²) in [6, 6.07) is 9.04. The number of anilines is 2. The van der Waals surface area contributed by atoms with Gasteiger partial charge in [0.2, 0.25) is 0 Å². The molecular formula is C17H13F2N5O3.